The lowest BCUT2D eigenvalue weighted by Crippen LogP contribution is -2.57. The number of ether oxygens (including phenoxy) is 2. The van der Waals surface area contributed by atoms with E-state index in [1.165, 1.54) is 12.1 Å². The van der Waals surface area contributed by atoms with Gasteiger partial charge < -0.3 is 23.6 Å². The fraction of sp³-hybridized carbons (Fsp3) is 0.253. The number of hydrazine groups is 1. The Morgan fingerprint density at radius 3 is 1.23 bits per heavy atom. The van der Waals surface area contributed by atoms with E-state index in [2.05, 4.69) is 35.5 Å². The van der Waals surface area contributed by atoms with Crippen LogP contribution in [-0.4, -0.2) is 103 Å². The number of benzene rings is 8. The first kappa shape index (κ1) is 63.8. The van der Waals surface area contributed by atoms with Gasteiger partial charge in [0, 0.05) is 85.7 Å². The summed E-state index contributed by atoms with van der Waals surface area (Å²) in [7, 11) is 0. The van der Waals surface area contributed by atoms with Gasteiger partial charge in [-0.15, -0.1) is 0 Å². The van der Waals surface area contributed by atoms with E-state index in [1.54, 1.807) is 24.3 Å². The molecule has 2 N–H and O–H groups in total. The predicted octanol–water partition coefficient (Wildman–Crippen LogP) is 13.7. The average molecular weight is 1270 g/mol. The quantitative estimate of drug-likeness (QED) is 0.0570. The third kappa shape index (κ3) is 15.1. The standard InChI is InChI=1S/C40H40FN5O4.C35H30FN3O5/c41-35-26-33(18-19-34(35)31-12-6-2-7-13-31)37-42-36(44-50-37)32-16-14-29(15-17-32)27-45-24-20-40(21-25-45,38(47)43-46-22-8-3-9-23-46)39(48)49-28-30-10-4-1-5-11-30;36-30-21-28(15-16-29(30)26-9-5-2-6-10-26)32-37-31(38-44-32)27-13-11-24(12-14-27)22-39-19-17-35(18-20-39,33(40)41)34(42)43-23-25-7-3-1-4-8-25/h1-2,4-7,10-19,26H,3,8-9,20-25,27-28H2,(H,43,47);1-16,21H,17-20,22-23H2,(H,40,41). The van der Waals surface area contributed by atoms with E-state index < -0.39 is 28.7 Å². The summed E-state index contributed by atoms with van der Waals surface area (Å²) in [5, 5.41) is 20.1. The minimum Gasteiger partial charge on any atom is -0.480 e. The maximum Gasteiger partial charge on any atom is 0.323 e. The number of carboxylic acid groups (broad SMARTS) is 1. The molecule has 3 saturated heterocycles. The Labute approximate surface area is 542 Å². The van der Waals surface area contributed by atoms with Gasteiger partial charge in [0.25, 0.3) is 17.7 Å². The van der Waals surface area contributed by atoms with E-state index >= 15 is 0 Å². The third-order valence-electron chi connectivity index (χ3n) is 17.8. The number of likely N-dealkylation sites (tertiary alicyclic amines) is 2. The van der Waals surface area contributed by atoms with Crippen LogP contribution >= 0.6 is 0 Å². The highest BCUT2D eigenvalue weighted by Crippen LogP contribution is 2.38. The van der Waals surface area contributed by atoms with Crippen molar-refractivity contribution in [1.29, 1.82) is 0 Å². The van der Waals surface area contributed by atoms with E-state index in [1.807, 2.05) is 175 Å². The van der Waals surface area contributed by atoms with Crippen LogP contribution in [0.1, 0.15) is 67.2 Å². The molecule has 478 valence electrons. The first-order chi connectivity index (χ1) is 45.9. The van der Waals surface area contributed by atoms with Crippen LogP contribution < -0.4 is 5.43 Å². The molecule has 3 aliphatic heterocycles. The molecule has 13 rings (SSSR count). The number of carboxylic acids is 1. The Bertz CT molecular complexity index is 4190. The zero-order chi connectivity index (χ0) is 64.9. The molecule has 5 heterocycles. The van der Waals surface area contributed by atoms with Crippen molar-refractivity contribution in [2.24, 2.45) is 10.8 Å². The topological polar surface area (TPSA) is 207 Å². The highest BCUT2D eigenvalue weighted by molar-refractivity contribution is 6.03. The number of nitrogens with one attached hydrogen (secondary N) is 1. The maximum atomic E-state index is 15.0. The summed E-state index contributed by atoms with van der Waals surface area (Å²) in [6.07, 6.45) is 4.28. The molecule has 3 aliphatic rings. The fourth-order valence-electron chi connectivity index (χ4n) is 12.1. The summed E-state index contributed by atoms with van der Waals surface area (Å²) in [6.45, 7) is 5.05. The molecule has 0 atom stereocenters. The molecule has 94 heavy (non-hydrogen) atoms. The second kappa shape index (κ2) is 29.5. The smallest absolute Gasteiger partial charge is 0.323 e. The summed E-state index contributed by atoms with van der Waals surface area (Å²) >= 11 is 0. The van der Waals surface area contributed by atoms with Crippen LogP contribution in [0.2, 0.25) is 0 Å². The predicted molar refractivity (Wildman–Crippen MR) is 349 cm³/mol. The second-order valence-corrected chi connectivity index (χ2v) is 24.0. The van der Waals surface area contributed by atoms with Crippen molar-refractivity contribution >= 4 is 23.8 Å². The number of halogens is 2. The number of rotatable bonds is 19. The van der Waals surface area contributed by atoms with Crippen molar-refractivity contribution < 1.29 is 51.6 Å². The highest BCUT2D eigenvalue weighted by Gasteiger charge is 2.51. The lowest BCUT2D eigenvalue weighted by molar-refractivity contribution is -0.174. The first-order valence-electron chi connectivity index (χ1n) is 31.6. The summed E-state index contributed by atoms with van der Waals surface area (Å²) in [5.74, 6) is -2.04. The van der Waals surface area contributed by atoms with Crippen molar-refractivity contribution in [3.63, 3.8) is 0 Å². The van der Waals surface area contributed by atoms with Crippen molar-refractivity contribution in [3.8, 4) is 67.9 Å². The average Bonchev–Trinajstić information content (AvgIpc) is 1.03. The minimum absolute atomic E-state index is 0.0457. The number of hydrogen-bond acceptors (Lipinski definition) is 15. The van der Waals surface area contributed by atoms with E-state index in [9.17, 15) is 33.1 Å². The maximum absolute atomic E-state index is 15.0. The number of aliphatic carboxylic acids is 1. The molecule has 3 fully saturated rings. The van der Waals surface area contributed by atoms with E-state index in [0.29, 0.717) is 86.0 Å². The van der Waals surface area contributed by atoms with Gasteiger partial charge in [0.15, 0.2) is 5.41 Å². The number of carbonyl (C=O) groups excluding carboxylic acids is 3. The molecule has 19 heteroatoms. The van der Waals surface area contributed by atoms with Crippen LogP contribution in [0.4, 0.5) is 8.78 Å². The minimum atomic E-state index is -1.55. The monoisotopic (exact) mass is 1260 g/mol. The number of aromatic nitrogens is 4. The van der Waals surface area contributed by atoms with Crippen LogP contribution in [0.15, 0.2) is 215 Å². The molecule has 0 unspecified atom stereocenters. The van der Waals surface area contributed by atoms with Crippen LogP contribution in [0.25, 0.3) is 67.9 Å². The second-order valence-electron chi connectivity index (χ2n) is 24.0. The number of piperidine rings is 3. The van der Waals surface area contributed by atoms with Gasteiger partial charge in [-0.3, -0.25) is 34.4 Å². The lowest BCUT2D eigenvalue weighted by atomic mass is 9.77. The van der Waals surface area contributed by atoms with Gasteiger partial charge in [-0.2, -0.15) is 9.97 Å². The summed E-state index contributed by atoms with van der Waals surface area (Å²) in [5.41, 5.74) is 9.17. The number of hydrogen-bond donors (Lipinski definition) is 2. The van der Waals surface area contributed by atoms with Crippen LogP contribution in [0.3, 0.4) is 0 Å². The zero-order valence-electron chi connectivity index (χ0n) is 51.8. The van der Waals surface area contributed by atoms with Gasteiger partial charge in [0.1, 0.15) is 30.3 Å². The van der Waals surface area contributed by atoms with Crippen molar-refractivity contribution in [3.05, 3.63) is 240 Å². The SMILES string of the molecule is O=C(NN1CCCCC1)C1(C(=O)OCc2ccccc2)CCN(Cc2ccc(-c3noc(-c4ccc(-c5ccccc5)c(F)c4)n3)cc2)CC1.O=C(O)C1(C(=O)OCc2ccccc2)CCN(Cc2ccc(-c3noc(-c4ccc(-c5ccccc5)c(F)c4)n3)cc2)CC1. The van der Waals surface area contributed by atoms with Crippen molar-refractivity contribution in [2.45, 2.75) is 71.2 Å². The molecule has 2 aromatic heterocycles. The Balaban J connectivity index is 0.000000182. The van der Waals surface area contributed by atoms with E-state index in [-0.39, 0.29) is 55.4 Å². The number of carbonyl (C=O) groups is 4. The first-order valence-corrected chi connectivity index (χ1v) is 31.6. The van der Waals surface area contributed by atoms with Crippen LogP contribution in [-0.2, 0) is 55.0 Å². The van der Waals surface area contributed by atoms with Gasteiger partial charge in [-0.25, -0.2) is 13.8 Å². The largest absolute Gasteiger partial charge is 0.480 e. The molecular weight excluding hydrogens is 1190 g/mol. The number of nitrogens with zero attached hydrogens (tertiary/aromatic N) is 7. The van der Waals surface area contributed by atoms with E-state index in [4.69, 9.17) is 18.5 Å². The van der Waals surface area contributed by atoms with Crippen molar-refractivity contribution in [1.82, 2.24) is 40.5 Å². The molecule has 10 aromatic rings. The number of amides is 1. The Hall–Kier alpha value is -10.3. The molecule has 8 aromatic carbocycles. The molecule has 17 nitrogen and oxygen atoms in total. The Morgan fingerprint density at radius 2 is 0.830 bits per heavy atom. The van der Waals surface area contributed by atoms with Crippen molar-refractivity contribution in [2.75, 3.05) is 39.3 Å². The zero-order valence-corrected chi connectivity index (χ0v) is 51.8. The lowest BCUT2D eigenvalue weighted by Gasteiger charge is -2.40. The molecule has 0 bridgehead atoms. The molecular formula is C75H70F2N8O9. The summed E-state index contributed by atoms with van der Waals surface area (Å²) in [6, 6.07) is 62.8. The summed E-state index contributed by atoms with van der Waals surface area (Å²) in [4.78, 5) is 65.9. The molecule has 0 spiro atoms. The third-order valence-corrected chi connectivity index (χ3v) is 17.8. The molecule has 0 radical (unpaired) electrons. The Morgan fingerprint density at radius 1 is 0.447 bits per heavy atom. The van der Waals surface area contributed by atoms with Gasteiger partial charge in [-0.1, -0.05) is 199 Å². The van der Waals surface area contributed by atoms with E-state index in [0.717, 1.165) is 76.9 Å². The van der Waals surface area contributed by atoms with Gasteiger partial charge in [0.05, 0.1) is 0 Å². The molecule has 0 aliphatic carbocycles. The molecule has 0 saturated carbocycles. The molecule has 1 amide bonds. The van der Waals surface area contributed by atoms with Gasteiger partial charge in [-0.05, 0) is 96.2 Å². The van der Waals surface area contributed by atoms with Crippen LogP contribution in [0, 0.1) is 22.5 Å². The van der Waals surface area contributed by atoms with Gasteiger partial charge in [0.2, 0.25) is 11.6 Å². The number of esters is 2. The van der Waals surface area contributed by atoms with Gasteiger partial charge >= 0.3 is 17.9 Å². The highest BCUT2D eigenvalue weighted by atomic mass is 19.1. The normalized spacial score (nSPS) is 15.6. The fourth-order valence-corrected chi connectivity index (χ4v) is 12.1. The Kier molecular flexibility index (Phi) is 20.0. The van der Waals surface area contributed by atoms with Crippen LogP contribution in [0.5, 0.6) is 0 Å². The summed E-state index contributed by atoms with van der Waals surface area (Å²) < 4.78 is 52.0.